The van der Waals surface area contributed by atoms with Gasteiger partial charge in [-0.25, -0.2) is 13.4 Å². The van der Waals surface area contributed by atoms with Crippen LogP contribution in [0.25, 0.3) is 10.9 Å². The second-order valence-corrected chi connectivity index (χ2v) is 11.5. The van der Waals surface area contributed by atoms with E-state index in [-0.39, 0.29) is 18.1 Å². The maximum atomic E-state index is 13.5. The average molecular weight is 504 g/mol. The number of benzene rings is 1. The summed E-state index contributed by atoms with van der Waals surface area (Å²) in [5.74, 6) is 2.09. The Morgan fingerprint density at radius 3 is 2.50 bits per heavy atom. The molecule has 2 bridgehead atoms. The molecule has 0 spiro atoms. The molecular weight excluding hydrogens is 474 g/mol. The van der Waals surface area contributed by atoms with Gasteiger partial charge in [-0.15, -0.1) is 0 Å². The van der Waals surface area contributed by atoms with Crippen molar-refractivity contribution in [1.29, 1.82) is 0 Å². The number of H-pyrrole nitrogens is 1. The highest BCUT2D eigenvalue weighted by Crippen LogP contribution is 2.39. The average Bonchev–Trinajstić information content (AvgIpc) is 3.28. The van der Waals surface area contributed by atoms with Gasteiger partial charge in [0.05, 0.1) is 10.4 Å². The van der Waals surface area contributed by atoms with Crippen molar-refractivity contribution in [3.63, 3.8) is 0 Å². The summed E-state index contributed by atoms with van der Waals surface area (Å²) in [6, 6.07) is 16.6. The molecule has 2 aliphatic heterocycles. The van der Waals surface area contributed by atoms with E-state index in [9.17, 15) is 8.42 Å². The summed E-state index contributed by atoms with van der Waals surface area (Å²) >= 11 is 0. The predicted octanol–water partition coefficient (Wildman–Crippen LogP) is 4.59. The molecule has 5 heterocycles. The first-order chi connectivity index (χ1) is 17.5. The highest BCUT2D eigenvalue weighted by atomic mass is 32.2. The van der Waals surface area contributed by atoms with E-state index in [0.29, 0.717) is 16.5 Å². The first-order valence-corrected chi connectivity index (χ1v) is 13.8. The lowest BCUT2D eigenvalue weighted by atomic mass is 9.84. The zero-order valence-corrected chi connectivity index (χ0v) is 20.9. The molecule has 6 rings (SSSR count). The molecule has 3 N–H and O–H groups in total. The molecule has 186 valence electrons. The number of fused-ring (bicyclic) bond motifs is 3. The fraction of sp³-hybridized carbons (Fsp3) is 0.346. The van der Waals surface area contributed by atoms with E-state index in [1.807, 2.05) is 37.3 Å². The molecule has 9 nitrogen and oxygen atoms in total. The zero-order valence-electron chi connectivity index (χ0n) is 20.1. The van der Waals surface area contributed by atoms with Gasteiger partial charge in [0, 0.05) is 47.5 Å². The van der Waals surface area contributed by atoms with E-state index < -0.39 is 10.0 Å². The van der Waals surface area contributed by atoms with Crippen LogP contribution >= 0.6 is 0 Å². The van der Waals surface area contributed by atoms with E-state index in [1.165, 1.54) is 0 Å². The number of nitrogens with one attached hydrogen (secondary N) is 3. The van der Waals surface area contributed by atoms with Crippen LogP contribution in [-0.2, 0) is 10.0 Å². The fourth-order valence-corrected chi connectivity index (χ4v) is 7.53. The first-order valence-electron chi connectivity index (χ1n) is 12.4. The third-order valence-corrected chi connectivity index (χ3v) is 9.15. The van der Waals surface area contributed by atoms with Crippen LogP contribution in [0, 0.1) is 6.92 Å². The molecule has 3 atom stereocenters. The molecule has 36 heavy (non-hydrogen) atoms. The molecule has 0 unspecified atom stereocenters. The van der Waals surface area contributed by atoms with Crippen LogP contribution in [0.1, 0.15) is 37.8 Å². The molecule has 1 aromatic carbocycles. The van der Waals surface area contributed by atoms with Crippen molar-refractivity contribution in [2.75, 3.05) is 10.6 Å². The number of aryl methyl sites for hydroxylation is 1. The molecule has 2 fully saturated rings. The van der Waals surface area contributed by atoms with Crippen LogP contribution < -0.4 is 10.6 Å². The van der Waals surface area contributed by atoms with Crippen LogP contribution in [0.15, 0.2) is 65.7 Å². The fourth-order valence-electron chi connectivity index (χ4n) is 5.62. The van der Waals surface area contributed by atoms with E-state index in [1.54, 1.807) is 34.8 Å². The molecule has 0 amide bonds. The van der Waals surface area contributed by atoms with Gasteiger partial charge in [0.2, 0.25) is 10.0 Å². The standard InChI is InChI=1S/C26H29N7O2S/c1-17-13-25(32-31-17)29-24-16-23-22(11-6-12-27-23)26(30-24)28-18-14-19-7-5-8-20(15-18)33(19)36(34,35)21-9-3-2-4-10-21/h2-4,6,9-13,16,18-20H,5,7-8,14-15H2,1H3,(H3,28,29,30,31,32)/t18-,19-,20+. The van der Waals surface area contributed by atoms with Gasteiger partial charge in [-0.05, 0) is 56.9 Å². The topological polar surface area (TPSA) is 116 Å². The van der Waals surface area contributed by atoms with Gasteiger partial charge in [0.25, 0.3) is 0 Å². The number of rotatable bonds is 6. The lowest BCUT2D eigenvalue weighted by molar-refractivity contribution is 0.116. The second kappa shape index (κ2) is 9.18. The van der Waals surface area contributed by atoms with Gasteiger partial charge < -0.3 is 10.6 Å². The van der Waals surface area contributed by atoms with Gasteiger partial charge >= 0.3 is 0 Å². The largest absolute Gasteiger partial charge is 0.367 e. The first kappa shape index (κ1) is 22.9. The Morgan fingerprint density at radius 2 is 1.78 bits per heavy atom. The lowest BCUT2D eigenvalue weighted by Crippen LogP contribution is -2.56. The highest BCUT2D eigenvalue weighted by Gasteiger charge is 2.45. The Hall–Kier alpha value is -3.50. The minimum atomic E-state index is -3.53. The maximum Gasteiger partial charge on any atom is 0.243 e. The van der Waals surface area contributed by atoms with Gasteiger partial charge in [-0.1, -0.05) is 24.6 Å². The number of sulfonamides is 1. The van der Waals surface area contributed by atoms with Crippen molar-refractivity contribution in [2.24, 2.45) is 0 Å². The number of piperidine rings is 2. The number of hydrogen-bond donors (Lipinski definition) is 3. The second-order valence-electron chi connectivity index (χ2n) is 9.69. The minimum Gasteiger partial charge on any atom is -0.367 e. The Labute approximate surface area is 210 Å². The maximum absolute atomic E-state index is 13.5. The summed E-state index contributed by atoms with van der Waals surface area (Å²) in [6.45, 7) is 1.95. The number of hydrogen-bond acceptors (Lipinski definition) is 7. The van der Waals surface area contributed by atoms with Gasteiger partial charge in [-0.2, -0.15) is 9.40 Å². The molecule has 0 saturated carbocycles. The monoisotopic (exact) mass is 503 g/mol. The Kier molecular flexibility index (Phi) is 5.85. The third kappa shape index (κ3) is 4.31. The van der Waals surface area contributed by atoms with Crippen molar-refractivity contribution >= 4 is 38.4 Å². The number of nitrogens with zero attached hydrogens (tertiary/aromatic N) is 4. The van der Waals surface area contributed by atoms with Crippen LogP contribution in [0.5, 0.6) is 0 Å². The van der Waals surface area contributed by atoms with Crippen LogP contribution in [-0.4, -0.2) is 51.0 Å². The summed E-state index contributed by atoms with van der Waals surface area (Å²) in [5, 5.41) is 15.0. The number of pyridine rings is 2. The lowest BCUT2D eigenvalue weighted by Gasteiger charge is -2.47. The molecule has 0 radical (unpaired) electrons. The minimum absolute atomic E-state index is 0.0297. The SMILES string of the molecule is Cc1cc(Nc2cc3ncccc3c(N[C@@H]3C[C@H]4CCC[C@@H](C3)N4S(=O)(=O)c3ccccc3)n2)n[nH]1. The molecular formula is C26H29N7O2S. The predicted molar refractivity (Wildman–Crippen MR) is 140 cm³/mol. The van der Waals surface area contributed by atoms with Crippen molar-refractivity contribution < 1.29 is 8.42 Å². The molecule has 10 heteroatoms. The quantitative estimate of drug-likeness (QED) is 0.352. The van der Waals surface area contributed by atoms with Crippen LogP contribution in [0.3, 0.4) is 0 Å². The molecule has 2 aliphatic rings. The smallest absolute Gasteiger partial charge is 0.243 e. The third-order valence-electron chi connectivity index (χ3n) is 7.13. The summed E-state index contributed by atoms with van der Waals surface area (Å²) in [6.07, 6.45) is 6.04. The van der Waals surface area contributed by atoms with Crippen molar-refractivity contribution in [1.82, 2.24) is 24.5 Å². The van der Waals surface area contributed by atoms with Crippen molar-refractivity contribution in [2.45, 2.75) is 62.0 Å². The summed E-state index contributed by atoms with van der Waals surface area (Å²) in [5.41, 5.74) is 1.78. The zero-order chi connectivity index (χ0) is 24.7. The Bertz CT molecular complexity index is 1470. The number of aromatic amines is 1. The van der Waals surface area contributed by atoms with Gasteiger partial charge in [0.1, 0.15) is 11.6 Å². The highest BCUT2D eigenvalue weighted by molar-refractivity contribution is 7.89. The van der Waals surface area contributed by atoms with Crippen molar-refractivity contribution in [3.8, 4) is 0 Å². The van der Waals surface area contributed by atoms with E-state index in [0.717, 1.165) is 54.5 Å². The Morgan fingerprint density at radius 1 is 1.00 bits per heavy atom. The van der Waals surface area contributed by atoms with Crippen LogP contribution in [0.2, 0.25) is 0 Å². The van der Waals surface area contributed by atoms with Gasteiger partial charge in [0.15, 0.2) is 5.82 Å². The summed E-state index contributed by atoms with van der Waals surface area (Å²) < 4.78 is 28.8. The number of anilines is 3. The van der Waals surface area contributed by atoms with E-state index >= 15 is 0 Å². The molecule has 0 aliphatic carbocycles. The Balaban J connectivity index is 1.28. The van der Waals surface area contributed by atoms with Crippen LogP contribution in [0.4, 0.5) is 17.5 Å². The molecule has 3 aromatic heterocycles. The number of aromatic nitrogens is 4. The normalized spacial score (nSPS) is 22.4. The summed E-state index contributed by atoms with van der Waals surface area (Å²) in [7, 11) is -3.53. The van der Waals surface area contributed by atoms with Crippen molar-refractivity contribution in [3.05, 3.63) is 66.5 Å². The molecule has 4 aromatic rings. The summed E-state index contributed by atoms with van der Waals surface area (Å²) in [4.78, 5) is 9.78. The van der Waals surface area contributed by atoms with Gasteiger partial charge in [-0.3, -0.25) is 10.1 Å². The molecule has 2 saturated heterocycles. The van der Waals surface area contributed by atoms with E-state index in [2.05, 4.69) is 25.8 Å². The van der Waals surface area contributed by atoms with E-state index in [4.69, 9.17) is 4.98 Å².